The van der Waals surface area contributed by atoms with Crippen molar-refractivity contribution in [1.82, 2.24) is 0 Å². The van der Waals surface area contributed by atoms with Crippen molar-refractivity contribution in [2.45, 2.75) is 52.4 Å². The Balaban J connectivity index is 0.000000477. The highest BCUT2D eigenvalue weighted by Gasteiger charge is 2.06. The summed E-state index contributed by atoms with van der Waals surface area (Å²) in [6.07, 6.45) is 8.73. The molecule has 6 heteroatoms. The van der Waals surface area contributed by atoms with Crippen LogP contribution in [0.4, 0.5) is 0 Å². The summed E-state index contributed by atoms with van der Waals surface area (Å²) in [6, 6.07) is 9.21. The molecule has 0 spiro atoms. The van der Waals surface area contributed by atoms with Crippen LogP contribution in [-0.4, -0.2) is 24.3 Å². The minimum Gasteiger partial charge on any atom is -0.487 e. The number of carboxylic acids is 1. The molecule has 0 unspecified atom stereocenters. The Morgan fingerprint density at radius 2 is 1.72 bits per heavy atom. The number of hydrogen-bond donors (Lipinski definition) is 1. The first-order valence-electron chi connectivity index (χ1n) is 8.73. The van der Waals surface area contributed by atoms with Crippen LogP contribution in [-0.2, 0) is 14.4 Å². The van der Waals surface area contributed by atoms with Gasteiger partial charge in [0.2, 0.25) is 5.76 Å². The van der Waals surface area contributed by atoms with Crippen LogP contribution < -0.4 is 0 Å². The molecule has 0 bridgehead atoms. The van der Waals surface area contributed by atoms with E-state index in [2.05, 4.69) is 17.1 Å². The summed E-state index contributed by atoms with van der Waals surface area (Å²) >= 11 is 0. The Labute approximate surface area is 149 Å². The minimum atomic E-state index is -1.05. The maximum Gasteiger partial charge on any atom is 0.371 e. The molecule has 6 nitrogen and oxygen atoms in total. The molecule has 0 aliphatic heterocycles. The molecular formula is C19H29NO5. The van der Waals surface area contributed by atoms with Gasteiger partial charge in [-0.1, -0.05) is 62.9 Å². The summed E-state index contributed by atoms with van der Waals surface area (Å²) in [7, 11) is 0. The van der Waals surface area contributed by atoms with Crippen molar-refractivity contribution in [1.29, 1.82) is 0 Å². The number of aliphatic carboxylic acids is 1. The van der Waals surface area contributed by atoms with E-state index in [1.165, 1.54) is 31.8 Å². The molecular weight excluding hydrogens is 322 g/mol. The van der Waals surface area contributed by atoms with Gasteiger partial charge in [0.25, 0.3) is 0 Å². The van der Waals surface area contributed by atoms with Crippen molar-refractivity contribution < 1.29 is 19.5 Å². The van der Waals surface area contributed by atoms with E-state index < -0.39 is 5.97 Å². The second-order valence-corrected chi connectivity index (χ2v) is 5.33. The second kappa shape index (κ2) is 16.5. The Hall–Kier alpha value is -2.37. The van der Waals surface area contributed by atoms with Crippen LogP contribution in [0.15, 0.2) is 41.4 Å². The number of nitrogens with zero attached hydrogens (tertiary/aromatic N) is 1. The molecule has 0 aliphatic rings. The van der Waals surface area contributed by atoms with Gasteiger partial charge in [0.05, 0.1) is 6.61 Å². The van der Waals surface area contributed by atoms with Crippen LogP contribution in [0.25, 0.3) is 6.08 Å². The normalized spacial score (nSPS) is 10.4. The first-order chi connectivity index (χ1) is 12.2. The van der Waals surface area contributed by atoms with Crippen molar-refractivity contribution in [3.05, 3.63) is 46.6 Å². The maximum absolute atomic E-state index is 10.7. The molecule has 25 heavy (non-hydrogen) atoms. The molecule has 0 aromatic heterocycles. The standard InChI is InChI=1S/C11H12O3.C8H17NO2/c1-2-14-10(11(12)13)8-9-6-4-3-5-7-9;1-2-3-4-5-6-7-8-11-9-10/h3-8H,2H2,1H3,(H,12,13);2-8H2,1H3. The molecule has 1 aromatic carbocycles. The molecule has 0 heterocycles. The van der Waals surface area contributed by atoms with Crippen LogP contribution in [0.2, 0.25) is 0 Å². The zero-order valence-corrected chi connectivity index (χ0v) is 15.1. The van der Waals surface area contributed by atoms with Gasteiger partial charge in [-0.2, -0.15) is 0 Å². The fraction of sp³-hybridized carbons (Fsp3) is 0.526. The largest absolute Gasteiger partial charge is 0.487 e. The monoisotopic (exact) mass is 351 g/mol. The number of unbranched alkanes of at least 4 members (excludes halogenated alkanes) is 5. The van der Waals surface area contributed by atoms with E-state index in [1.807, 2.05) is 30.3 Å². The topological polar surface area (TPSA) is 85.2 Å². The third-order valence-electron chi connectivity index (χ3n) is 3.25. The van der Waals surface area contributed by atoms with Crippen LogP contribution >= 0.6 is 0 Å². The van der Waals surface area contributed by atoms with Gasteiger partial charge in [-0.25, -0.2) is 4.79 Å². The first kappa shape index (κ1) is 22.6. The molecule has 1 rings (SSSR count). The Morgan fingerprint density at radius 3 is 2.28 bits per heavy atom. The van der Waals surface area contributed by atoms with Crippen LogP contribution in [0.1, 0.15) is 57.9 Å². The van der Waals surface area contributed by atoms with E-state index in [9.17, 15) is 9.70 Å². The van der Waals surface area contributed by atoms with Crippen LogP contribution in [0, 0.1) is 4.91 Å². The summed E-state index contributed by atoms with van der Waals surface area (Å²) in [5, 5.41) is 11.1. The Morgan fingerprint density at radius 1 is 1.08 bits per heavy atom. The van der Waals surface area contributed by atoms with Crippen molar-refractivity contribution in [3.63, 3.8) is 0 Å². The Kier molecular flexibility index (Phi) is 14.9. The van der Waals surface area contributed by atoms with Gasteiger partial charge in [-0.05, 0) is 31.4 Å². The predicted molar refractivity (Wildman–Crippen MR) is 98.8 cm³/mol. The summed E-state index contributed by atoms with van der Waals surface area (Å²) in [4.78, 5) is 24.5. The third kappa shape index (κ3) is 13.7. The Bertz CT molecular complexity index is 488. The zero-order valence-electron chi connectivity index (χ0n) is 15.1. The van der Waals surface area contributed by atoms with Gasteiger partial charge >= 0.3 is 5.97 Å². The molecule has 1 N–H and O–H groups in total. The number of hydrogen-bond acceptors (Lipinski definition) is 5. The van der Waals surface area contributed by atoms with Gasteiger partial charge < -0.3 is 14.7 Å². The van der Waals surface area contributed by atoms with Gasteiger partial charge in [-0.15, -0.1) is 4.91 Å². The lowest BCUT2D eigenvalue weighted by molar-refractivity contribution is -0.136. The number of carboxylic acid groups (broad SMARTS) is 1. The van der Waals surface area contributed by atoms with E-state index in [1.54, 1.807) is 6.92 Å². The number of benzene rings is 1. The van der Waals surface area contributed by atoms with Crippen molar-refractivity contribution in [2.75, 3.05) is 13.2 Å². The van der Waals surface area contributed by atoms with Gasteiger partial charge in [0.1, 0.15) is 6.61 Å². The number of rotatable bonds is 12. The summed E-state index contributed by atoms with van der Waals surface area (Å²) in [5.74, 6) is -1.07. The van der Waals surface area contributed by atoms with Gasteiger partial charge in [0, 0.05) is 0 Å². The van der Waals surface area contributed by atoms with Crippen molar-refractivity contribution >= 4 is 12.0 Å². The maximum atomic E-state index is 10.7. The average molecular weight is 351 g/mol. The molecule has 0 saturated heterocycles. The van der Waals surface area contributed by atoms with Gasteiger partial charge in [0.15, 0.2) is 5.34 Å². The predicted octanol–water partition coefficient (Wildman–Crippen LogP) is 5.19. The smallest absolute Gasteiger partial charge is 0.371 e. The molecule has 0 fully saturated rings. The lowest BCUT2D eigenvalue weighted by Gasteiger charge is -2.02. The quantitative estimate of drug-likeness (QED) is 0.184. The van der Waals surface area contributed by atoms with E-state index in [-0.39, 0.29) is 5.76 Å². The summed E-state index contributed by atoms with van der Waals surface area (Å²) in [5.41, 5.74) is 0.818. The summed E-state index contributed by atoms with van der Waals surface area (Å²) < 4.78 is 4.97. The highest BCUT2D eigenvalue weighted by atomic mass is 16.7. The number of carbonyl (C=O) groups is 1. The highest BCUT2D eigenvalue weighted by molar-refractivity contribution is 5.89. The molecule has 0 saturated carbocycles. The average Bonchev–Trinajstić information content (AvgIpc) is 2.62. The molecule has 0 atom stereocenters. The highest BCUT2D eigenvalue weighted by Crippen LogP contribution is 2.07. The fourth-order valence-corrected chi connectivity index (χ4v) is 2.01. The second-order valence-electron chi connectivity index (χ2n) is 5.33. The molecule has 0 amide bonds. The molecule has 140 valence electrons. The first-order valence-corrected chi connectivity index (χ1v) is 8.73. The van der Waals surface area contributed by atoms with E-state index >= 15 is 0 Å². The van der Waals surface area contributed by atoms with Crippen molar-refractivity contribution in [2.24, 2.45) is 5.34 Å². The van der Waals surface area contributed by atoms with Crippen LogP contribution in [0.5, 0.6) is 0 Å². The van der Waals surface area contributed by atoms with Crippen molar-refractivity contribution in [3.8, 4) is 0 Å². The molecule has 1 aromatic rings. The van der Waals surface area contributed by atoms with E-state index in [0.717, 1.165) is 18.4 Å². The minimum absolute atomic E-state index is 0.0290. The third-order valence-corrected chi connectivity index (χ3v) is 3.25. The number of ether oxygens (including phenoxy) is 1. The van der Waals surface area contributed by atoms with Gasteiger partial charge in [-0.3, -0.25) is 0 Å². The molecule has 0 radical (unpaired) electrons. The molecule has 0 aliphatic carbocycles. The lowest BCUT2D eigenvalue weighted by atomic mass is 10.1. The zero-order chi connectivity index (χ0) is 18.8. The van der Waals surface area contributed by atoms with E-state index in [4.69, 9.17) is 9.84 Å². The summed E-state index contributed by atoms with van der Waals surface area (Å²) in [6.45, 7) is 4.78. The van der Waals surface area contributed by atoms with Crippen LogP contribution in [0.3, 0.4) is 0 Å². The SMILES string of the molecule is CCCCCCCCON=O.CCOC(=Cc1ccccc1)C(=O)O. The lowest BCUT2D eigenvalue weighted by Crippen LogP contribution is -2.04. The van der Waals surface area contributed by atoms with E-state index in [0.29, 0.717) is 13.2 Å². The fourth-order valence-electron chi connectivity index (χ4n) is 2.01.